The minimum Gasteiger partial charge on any atom is -0.481 e. The Kier molecular flexibility index (Phi) is 6.05. The van der Waals surface area contributed by atoms with Gasteiger partial charge in [0.15, 0.2) is 0 Å². The average molecular weight is 351 g/mol. The van der Waals surface area contributed by atoms with Gasteiger partial charge in [-0.15, -0.1) is 0 Å². The number of hydrogen-bond donors (Lipinski definition) is 2. The molecule has 0 atom stereocenters. The molecule has 0 aliphatic heterocycles. The van der Waals surface area contributed by atoms with Crippen LogP contribution >= 0.6 is 0 Å². The molecule has 4 heteroatoms. The third kappa shape index (κ3) is 4.72. The number of nitrogens with one attached hydrogen (secondary N) is 1. The molecule has 3 rings (SSSR count). The molecule has 1 saturated carbocycles. The van der Waals surface area contributed by atoms with Crippen molar-refractivity contribution in [2.75, 3.05) is 0 Å². The summed E-state index contributed by atoms with van der Waals surface area (Å²) in [7, 11) is 0. The van der Waals surface area contributed by atoms with Gasteiger partial charge >= 0.3 is 5.97 Å². The molecule has 1 aliphatic carbocycles. The molecule has 4 nitrogen and oxygen atoms in total. The van der Waals surface area contributed by atoms with Crippen molar-refractivity contribution in [1.29, 1.82) is 0 Å². The first-order chi connectivity index (χ1) is 12.6. The smallest absolute Gasteiger partial charge is 0.306 e. The van der Waals surface area contributed by atoms with Crippen molar-refractivity contribution in [3.63, 3.8) is 0 Å². The molecule has 1 aliphatic rings. The summed E-state index contributed by atoms with van der Waals surface area (Å²) < 4.78 is 0. The zero-order chi connectivity index (χ0) is 18.4. The van der Waals surface area contributed by atoms with Crippen LogP contribution in [0.2, 0.25) is 0 Å². The Bertz CT molecular complexity index is 682. The summed E-state index contributed by atoms with van der Waals surface area (Å²) in [5, 5.41) is 12.2. The summed E-state index contributed by atoms with van der Waals surface area (Å²) >= 11 is 0. The van der Waals surface area contributed by atoms with E-state index in [0.29, 0.717) is 19.3 Å². The highest BCUT2D eigenvalue weighted by atomic mass is 16.4. The van der Waals surface area contributed by atoms with E-state index in [1.54, 1.807) is 0 Å². The number of carbonyl (C=O) groups is 2. The summed E-state index contributed by atoms with van der Waals surface area (Å²) in [6, 6.07) is 20.3. The minimum atomic E-state index is -0.719. The van der Waals surface area contributed by atoms with Gasteiger partial charge in [0.1, 0.15) is 0 Å². The van der Waals surface area contributed by atoms with Gasteiger partial charge in [-0.3, -0.25) is 9.59 Å². The summed E-state index contributed by atoms with van der Waals surface area (Å²) in [6.45, 7) is 0. The van der Waals surface area contributed by atoms with Crippen LogP contribution < -0.4 is 5.32 Å². The van der Waals surface area contributed by atoms with Crippen LogP contribution in [0, 0.1) is 5.92 Å². The summed E-state index contributed by atoms with van der Waals surface area (Å²) in [4.78, 5) is 23.7. The Labute approximate surface area is 154 Å². The van der Waals surface area contributed by atoms with Crippen molar-refractivity contribution in [1.82, 2.24) is 5.32 Å². The Morgan fingerprint density at radius 1 is 0.885 bits per heavy atom. The van der Waals surface area contributed by atoms with Crippen LogP contribution in [0.25, 0.3) is 0 Å². The molecule has 0 spiro atoms. The van der Waals surface area contributed by atoms with Crippen molar-refractivity contribution in [2.24, 2.45) is 5.92 Å². The third-order valence-corrected chi connectivity index (χ3v) is 5.23. The second-order valence-electron chi connectivity index (χ2n) is 7.03. The molecular formula is C22H25NO3. The monoisotopic (exact) mass is 351 g/mol. The lowest BCUT2D eigenvalue weighted by Crippen LogP contribution is -2.39. The standard InChI is InChI=1S/C22H25NO3/c24-21(23-19-13-11-18(12-14-19)22(25)26)15-20(16-7-3-1-4-8-16)17-9-5-2-6-10-17/h1-10,18-20H,11-15H2,(H,23,24)(H,25,26). The summed E-state index contributed by atoms with van der Waals surface area (Å²) in [5.41, 5.74) is 2.26. The van der Waals surface area contributed by atoms with Gasteiger partial charge in [-0.2, -0.15) is 0 Å². The van der Waals surface area contributed by atoms with Crippen LogP contribution in [0.5, 0.6) is 0 Å². The number of rotatable bonds is 6. The summed E-state index contributed by atoms with van der Waals surface area (Å²) in [6.07, 6.45) is 3.16. The molecule has 0 heterocycles. The fourth-order valence-corrected chi connectivity index (χ4v) is 3.76. The molecule has 0 aromatic heterocycles. The molecule has 2 aromatic rings. The van der Waals surface area contributed by atoms with Gasteiger partial charge in [0.2, 0.25) is 5.91 Å². The molecule has 2 aromatic carbocycles. The molecule has 26 heavy (non-hydrogen) atoms. The Morgan fingerprint density at radius 3 is 1.85 bits per heavy atom. The van der Waals surface area contributed by atoms with Crippen LogP contribution in [-0.4, -0.2) is 23.0 Å². The SMILES string of the molecule is O=C(CC(c1ccccc1)c1ccccc1)NC1CCC(C(=O)O)CC1. The van der Waals surface area contributed by atoms with Crippen molar-refractivity contribution >= 4 is 11.9 Å². The second kappa shape index (κ2) is 8.65. The number of amides is 1. The first kappa shape index (κ1) is 18.2. The van der Waals surface area contributed by atoms with E-state index in [0.717, 1.165) is 24.0 Å². The average Bonchev–Trinajstić information content (AvgIpc) is 2.68. The highest BCUT2D eigenvalue weighted by molar-refractivity contribution is 5.78. The number of carboxylic acids is 1. The fourth-order valence-electron chi connectivity index (χ4n) is 3.76. The van der Waals surface area contributed by atoms with Gasteiger partial charge in [0.05, 0.1) is 5.92 Å². The third-order valence-electron chi connectivity index (χ3n) is 5.23. The van der Waals surface area contributed by atoms with Gasteiger partial charge in [-0.1, -0.05) is 60.7 Å². The molecule has 0 radical (unpaired) electrons. The van der Waals surface area contributed by atoms with Crippen LogP contribution in [0.3, 0.4) is 0 Å². The Morgan fingerprint density at radius 2 is 1.38 bits per heavy atom. The van der Waals surface area contributed by atoms with Gasteiger partial charge in [0.25, 0.3) is 0 Å². The van der Waals surface area contributed by atoms with E-state index in [9.17, 15) is 9.59 Å². The maximum absolute atomic E-state index is 12.7. The van der Waals surface area contributed by atoms with Crippen LogP contribution in [0.15, 0.2) is 60.7 Å². The van der Waals surface area contributed by atoms with E-state index in [1.165, 1.54) is 0 Å². The quantitative estimate of drug-likeness (QED) is 0.827. The Hall–Kier alpha value is -2.62. The zero-order valence-electron chi connectivity index (χ0n) is 14.8. The molecule has 0 unspecified atom stereocenters. The lowest BCUT2D eigenvalue weighted by Gasteiger charge is -2.27. The van der Waals surface area contributed by atoms with Gasteiger partial charge < -0.3 is 10.4 Å². The molecule has 1 amide bonds. The van der Waals surface area contributed by atoms with Crippen LogP contribution in [0.4, 0.5) is 0 Å². The van der Waals surface area contributed by atoms with Crippen molar-refractivity contribution in [2.45, 2.75) is 44.1 Å². The van der Waals surface area contributed by atoms with E-state index in [-0.39, 0.29) is 23.8 Å². The van der Waals surface area contributed by atoms with E-state index in [4.69, 9.17) is 5.11 Å². The predicted molar refractivity (Wildman–Crippen MR) is 101 cm³/mol. The lowest BCUT2D eigenvalue weighted by molar-refractivity contribution is -0.142. The van der Waals surface area contributed by atoms with Gasteiger partial charge in [-0.05, 0) is 36.8 Å². The topological polar surface area (TPSA) is 66.4 Å². The molecule has 0 saturated heterocycles. The fraction of sp³-hybridized carbons (Fsp3) is 0.364. The largest absolute Gasteiger partial charge is 0.481 e. The van der Waals surface area contributed by atoms with E-state index < -0.39 is 5.97 Å². The number of aliphatic carboxylic acids is 1. The van der Waals surface area contributed by atoms with Crippen molar-refractivity contribution in [3.05, 3.63) is 71.8 Å². The maximum Gasteiger partial charge on any atom is 0.306 e. The number of hydrogen-bond acceptors (Lipinski definition) is 2. The van der Waals surface area contributed by atoms with E-state index in [2.05, 4.69) is 29.6 Å². The summed E-state index contributed by atoms with van der Waals surface area (Å²) in [5.74, 6) is -0.929. The van der Waals surface area contributed by atoms with E-state index in [1.807, 2.05) is 36.4 Å². The molecule has 136 valence electrons. The lowest BCUT2D eigenvalue weighted by atomic mass is 9.85. The maximum atomic E-state index is 12.7. The number of carbonyl (C=O) groups excluding carboxylic acids is 1. The van der Waals surface area contributed by atoms with Gasteiger partial charge in [0, 0.05) is 18.4 Å². The molecule has 0 bridgehead atoms. The van der Waals surface area contributed by atoms with E-state index >= 15 is 0 Å². The first-order valence-electron chi connectivity index (χ1n) is 9.25. The second-order valence-corrected chi connectivity index (χ2v) is 7.03. The highest BCUT2D eigenvalue weighted by Crippen LogP contribution is 2.29. The van der Waals surface area contributed by atoms with Crippen molar-refractivity contribution in [3.8, 4) is 0 Å². The first-order valence-corrected chi connectivity index (χ1v) is 9.25. The number of benzene rings is 2. The predicted octanol–water partition coefficient (Wildman–Crippen LogP) is 3.97. The van der Waals surface area contributed by atoms with Crippen molar-refractivity contribution < 1.29 is 14.7 Å². The van der Waals surface area contributed by atoms with Crippen LogP contribution in [-0.2, 0) is 9.59 Å². The highest BCUT2D eigenvalue weighted by Gasteiger charge is 2.27. The molecule has 1 fully saturated rings. The molecular weight excluding hydrogens is 326 g/mol. The Balaban J connectivity index is 1.64. The molecule has 2 N–H and O–H groups in total. The van der Waals surface area contributed by atoms with Gasteiger partial charge in [-0.25, -0.2) is 0 Å². The normalized spacial score (nSPS) is 19.9. The van der Waals surface area contributed by atoms with Crippen LogP contribution in [0.1, 0.15) is 49.1 Å². The number of carboxylic acid groups (broad SMARTS) is 1. The zero-order valence-corrected chi connectivity index (χ0v) is 14.8. The minimum absolute atomic E-state index is 0.0211.